The molecule has 0 N–H and O–H groups in total. The van der Waals surface area contributed by atoms with E-state index in [1.807, 2.05) is 12.1 Å². The fourth-order valence-electron chi connectivity index (χ4n) is 1.70. The molecule has 0 amide bonds. The molecule has 1 aromatic carbocycles. The van der Waals surface area contributed by atoms with Crippen LogP contribution < -0.4 is 4.74 Å². The molecule has 0 aliphatic rings. The highest BCUT2D eigenvalue weighted by atomic mass is 35.5. The summed E-state index contributed by atoms with van der Waals surface area (Å²) in [6, 6.07) is 6.08. The smallest absolute Gasteiger partial charge is 0.120 e. The van der Waals surface area contributed by atoms with E-state index in [0.29, 0.717) is 12.0 Å². The minimum atomic E-state index is 0.303. The molecule has 2 heteroatoms. The molecule has 0 saturated carbocycles. The van der Waals surface area contributed by atoms with E-state index in [1.165, 1.54) is 0 Å². The number of alkyl halides is 1. The van der Waals surface area contributed by atoms with Gasteiger partial charge in [0.1, 0.15) is 5.75 Å². The second-order valence-corrected chi connectivity index (χ2v) is 4.65. The van der Waals surface area contributed by atoms with Crippen LogP contribution in [0.15, 0.2) is 18.2 Å². The number of hydrogen-bond acceptors (Lipinski definition) is 1. The summed E-state index contributed by atoms with van der Waals surface area (Å²) in [4.78, 5) is 0. The molecular weight excluding hydrogens is 244 g/mol. The van der Waals surface area contributed by atoms with E-state index >= 15 is 0 Å². The summed E-state index contributed by atoms with van der Waals surface area (Å²) in [6.07, 6.45) is 3.10. The van der Waals surface area contributed by atoms with Gasteiger partial charge in [-0.15, -0.1) is 11.6 Å². The molecule has 0 fully saturated rings. The molecule has 0 radical (unpaired) electrons. The Hall–Kier alpha value is -1.13. The van der Waals surface area contributed by atoms with Crippen molar-refractivity contribution in [3.05, 3.63) is 29.3 Å². The molecule has 0 aromatic heterocycles. The summed E-state index contributed by atoms with van der Waals surface area (Å²) < 4.78 is 5.90. The van der Waals surface area contributed by atoms with Crippen molar-refractivity contribution in [2.24, 2.45) is 0 Å². The van der Waals surface area contributed by atoms with Crippen molar-refractivity contribution in [2.45, 2.75) is 46.1 Å². The molecular formula is C16H21ClO. The second-order valence-electron chi connectivity index (χ2n) is 4.27. The highest BCUT2D eigenvalue weighted by Crippen LogP contribution is 2.19. The molecule has 1 nitrogen and oxygen atoms in total. The molecule has 0 aliphatic carbocycles. The van der Waals surface area contributed by atoms with Crippen molar-refractivity contribution in [2.75, 3.05) is 5.88 Å². The maximum atomic E-state index is 5.90. The van der Waals surface area contributed by atoms with Gasteiger partial charge in [0.2, 0.25) is 0 Å². The number of benzene rings is 1. The maximum absolute atomic E-state index is 5.90. The summed E-state index contributed by atoms with van der Waals surface area (Å²) in [5.74, 6) is 7.70. The number of rotatable bonds is 5. The van der Waals surface area contributed by atoms with Crippen LogP contribution in [0.2, 0.25) is 0 Å². The monoisotopic (exact) mass is 264 g/mol. The fraction of sp³-hybridized carbons (Fsp3) is 0.500. The number of ether oxygens (including phenoxy) is 1. The largest absolute Gasteiger partial charge is 0.490 e. The topological polar surface area (TPSA) is 9.23 Å². The lowest BCUT2D eigenvalue weighted by Crippen LogP contribution is -2.13. The first kappa shape index (κ1) is 14.9. The van der Waals surface area contributed by atoms with Crippen molar-refractivity contribution in [3.8, 4) is 17.6 Å². The van der Waals surface area contributed by atoms with Crippen LogP contribution in [0, 0.1) is 18.8 Å². The molecule has 0 heterocycles. The first-order chi connectivity index (χ1) is 8.71. The van der Waals surface area contributed by atoms with Crippen LogP contribution >= 0.6 is 11.6 Å². The van der Waals surface area contributed by atoms with E-state index < -0.39 is 0 Å². The van der Waals surface area contributed by atoms with Crippen LogP contribution in [-0.2, 0) is 0 Å². The number of aryl methyl sites for hydroxylation is 1. The van der Waals surface area contributed by atoms with E-state index in [4.69, 9.17) is 16.3 Å². The lowest BCUT2D eigenvalue weighted by Gasteiger charge is -2.16. The van der Waals surface area contributed by atoms with Crippen molar-refractivity contribution < 1.29 is 4.74 Å². The van der Waals surface area contributed by atoms with Crippen LogP contribution in [0.25, 0.3) is 0 Å². The van der Waals surface area contributed by atoms with Gasteiger partial charge in [0.05, 0.1) is 6.10 Å². The van der Waals surface area contributed by atoms with E-state index in [0.717, 1.165) is 36.1 Å². The molecule has 0 unspecified atom stereocenters. The third kappa shape index (κ3) is 4.63. The number of hydrogen-bond donors (Lipinski definition) is 0. The van der Waals surface area contributed by atoms with Gasteiger partial charge in [0.15, 0.2) is 0 Å². The van der Waals surface area contributed by atoms with E-state index in [-0.39, 0.29) is 0 Å². The zero-order valence-electron chi connectivity index (χ0n) is 11.4. The van der Waals surface area contributed by atoms with Crippen LogP contribution in [0.4, 0.5) is 0 Å². The highest BCUT2D eigenvalue weighted by molar-refractivity contribution is 6.18. The van der Waals surface area contributed by atoms with Crippen LogP contribution in [0.3, 0.4) is 0 Å². The molecule has 18 heavy (non-hydrogen) atoms. The first-order valence-corrected chi connectivity index (χ1v) is 7.06. The molecule has 0 aliphatic heterocycles. The SMILES string of the molecule is CCC(CC)Oc1ccc(C#CCCCl)c(C)c1. The Morgan fingerprint density at radius 3 is 2.56 bits per heavy atom. The van der Waals surface area contributed by atoms with Gasteiger partial charge in [0.25, 0.3) is 0 Å². The first-order valence-electron chi connectivity index (χ1n) is 6.53. The fourth-order valence-corrected chi connectivity index (χ4v) is 1.80. The van der Waals surface area contributed by atoms with E-state index in [2.05, 4.69) is 38.7 Å². The molecule has 0 atom stereocenters. The lowest BCUT2D eigenvalue weighted by atomic mass is 10.1. The average molecular weight is 265 g/mol. The van der Waals surface area contributed by atoms with Gasteiger partial charge in [0, 0.05) is 17.9 Å². The maximum Gasteiger partial charge on any atom is 0.120 e. The quantitative estimate of drug-likeness (QED) is 0.560. The van der Waals surface area contributed by atoms with Gasteiger partial charge >= 0.3 is 0 Å². The normalized spacial score (nSPS) is 10.1. The van der Waals surface area contributed by atoms with Crippen LogP contribution in [-0.4, -0.2) is 12.0 Å². The van der Waals surface area contributed by atoms with Gasteiger partial charge in [-0.2, -0.15) is 0 Å². The molecule has 0 saturated heterocycles. The summed E-state index contributed by atoms with van der Waals surface area (Å²) in [7, 11) is 0. The summed E-state index contributed by atoms with van der Waals surface area (Å²) in [5.41, 5.74) is 2.21. The summed E-state index contributed by atoms with van der Waals surface area (Å²) in [5, 5.41) is 0. The van der Waals surface area contributed by atoms with Crippen LogP contribution in [0.1, 0.15) is 44.2 Å². The lowest BCUT2D eigenvalue weighted by molar-refractivity contribution is 0.193. The molecule has 0 spiro atoms. The molecule has 1 rings (SSSR count). The number of halogens is 1. The van der Waals surface area contributed by atoms with Gasteiger partial charge in [-0.05, 0) is 43.5 Å². The minimum Gasteiger partial charge on any atom is -0.490 e. The Morgan fingerprint density at radius 2 is 2.00 bits per heavy atom. The molecule has 0 bridgehead atoms. The Bertz CT molecular complexity index is 424. The minimum absolute atomic E-state index is 0.303. The van der Waals surface area contributed by atoms with Crippen molar-refractivity contribution in [1.29, 1.82) is 0 Å². The highest BCUT2D eigenvalue weighted by Gasteiger charge is 2.06. The zero-order valence-corrected chi connectivity index (χ0v) is 12.2. The van der Waals surface area contributed by atoms with Gasteiger partial charge in [-0.3, -0.25) is 0 Å². The summed E-state index contributed by atoms with van der Waals surface area (Å²) >= 11 is 5.60. The molecule has 98 valence electrons. The zero-order chi connectivity index (χ0) is 13.4. The summed E-state index contributed by atoms with van der Waals surface area (Å²) in [6.45, 7) is 6.35. The van der Waals surface area contributed by atoms with Gasteiger partial charge in [-0.1, -0.05) is 25.7 Å². The van der Waals surface area contributed by atoms with Crippen LogP contribution in [0.5, 0.6) is 5.75 Å². The van der Waals surface area contributed by atoms with Crippen molar-refractivity contribution >= 4 is 11.6 Å². The van der Waals surface area contributed by atoms with Crippen molar-refractivity contribution in [1.82, 2.24) is 0 Å². The van der Waals surface area contributed by atoms with E-state index in [9.17, 15) is 0 Å². The van der Waals surface area contributed by atoms with Gasteiger partial charge in [-0.25, -0.2) is 0 Å². The standard InChI is InChI=1S/C16H21ClO/c1-4-15(5-2)18-16-10-9-14(13(3)12-16)8-6-7-11-17/h9-10,12,15H,4-5,7,11H2,1-3H3. The predicted molar refractivity (Wildman–Crippen MR) is 78.4 cm³/mol. The van der Waals surface area contributed by atoms with Crippen molar-refractivity contribution in [3.63, 3.8) is 0 Å². The van der Waals surface area contributed by atoms with Gasteiger partial charge < -0.3 is 4.74 Å². The Labute approximate surface area is 115 Å². The Balaban J connectivity index is 2.76. The predicted octanol–water partition coefficient (Wildman–Crippen LogP) is 4.54. The second kappa shape index (κ2) is 8.06. The average Bonchev–Trinajstić information content (AvgIpc) is 2.38. The third-order valence-corrected chi connectivity index (χ3v) is 3.04. The third-order valence-electron chi connectivity index (χ3n) is 2.85. The Kier molecular flexibility index (Phi) is 6.68. The van der Waals surface area contributed by atoms with E-state index in [1.54, 1.807) is 0 Å². The molecule has 1 aromatic rings. The Morgan fingerprint density at radius 1 is 1.28 bits per heavy atom.